The third-order valence-electron chi connectivity index (χ3n) is 10.9. The first kappa shape index (κ1) is 37.8. The summed E-state index contributed by atoms with van der Waals surface area (Å²) in [7, 11) is 0. The molecular formula is C60H44. The minimum absolute atomic E-state index is 1.21. The molecule has 2 aliphatic rings. The van der Waals surface area contributed by atoms with E-state index in [9.17, 15) is 0 Å². The Labute approximate surface area is 354 Å². The molecule has 0 bridgehead atoms. The van der Waals surface area contributed by atoms with E-state index in [2.05, 4.69) is 267 Å². The largest absolute Gasteiger partial charge is 0.0622 e. The Morgan fingerprint density at radius 1 is 0.200 bits per heavy atom. The summed E-state index contributed by atoms with van der Waals surface area (Å²) in [5.41, 5.74) is 19.9. The maximum atomic E-state index is 2.30. The molecule has 0 amide bonds. The minimum Gasteiger partial charge on any atom is -0.0622 e. The normalized spacial score (nSPS) is 14.5. The van der Waals surface area contributed by atoms with Gasteiger partial charge in [-0.15, -0.1) is 0 Å². The van der Waals surface area contributed by atoms with Crippen LogP contribution in [-0.2, 0) is 0 Å². The molecule has 0 N–H and O–H groups in total. The highest BCUT2D eigenvalue weighted by atomic mass is 14.2. The van der Waals surface area contributed by atoms with Crippen molar-refractivity contribution in [2.45, 2.75) is 0 Å². The van der Waals surface area contributed by atoms with Gasteiger partial charge in [-0.1, -0.05) is 231 Å². The number of hydrogen-bond donors (Lipinski definition) is 0. The lowest BCUT2D eigenvalue weighted by Gasteiger charge is -2.06. The lowest BCUT2D eigenvalue weighted by Crippen LogP contribution is -1.85. The van der Waals surface area contributed by atoms with E-state index in [1.807, 2.05) is 0 Å². The molecule has 8 aromatic carbocycles. The van der Waals surface area contributed by atoms with Gasteiger partial charge in [0.15, 0.2) is 0 Å². The fraction of sp³-hybridized carbons (Fsp3) is 0. The van der Waals surface area contributed by atoms with Crippen molar-refractivity contribution in [1.29, 1.82) is 0 Å². The van der Waals surface area contributed by atoms with Crippen molar-refractivity contribution in [3.05, 3.63) is 299 Å². The van der Waals surface area contributed by atoms with E-state index in [1.54, 1.807) is 0 Å². The zero-order valence-electron chi connectivity index (χ0n) is 33.4. The number of hydrogen-bond acceptors (Lipinski definition) is 0. The molecule has 0 atom stereocenters. The third kappa shape index (κ3) is 9.00. The van der Waals surface area contributed by atoms with Gasteiger partial charge in [0.1, 0.15) is 0 Å². The van der Waals surface area contributed by atoms with E-state index in [1.165, 1.54) is 89.1 Å². The molecule has 0 heteroatoms. The molecule has 0 saturated carbocycles. The van der Waals surface area contributed by atoms with Crippen molar-refractivity contribution >= 4 is 34.4 Å². The third-order valence-corrected chi connectivity index (χ3v) is 10.9. The van der Waals surface area contributed by atoms with Gasteiger partial charge in [0.25, 0.3) is 0 Å². The number of allylic oxidation sites excluding steroid dienone is 10. The summed E-state index contributed by atoms with van der Waals surface area (Å²) >= 11 is 0. The van der Waals surface area contributed by atoms with E-state index in [4.69, 9.17) is 0 Å². The van der Waals surface area contributed by atoms with Crippen LogP contribution < -0.4 is 0 Å². The van der Waals surface area contributed by atoms with Crippen LogP contribution in [0, 0.1) is 0 Å². The Hall–Kier alpha value is -7.80. The van der Waals surface area contributed by atoms with Crippen LogP contribution in [0.2, 0.25) is 0 Å². The Morgan fingerprint density at radius 2 is 0.450 bits per heavy atom. The highest BCUT2D eigenvalue weighted by Crippen LogP contribution is 2.39. The lowest BCUT2D eigenvalue weighted by molar-refractivity contribution is 1.58. The predicted molar refractivity (Wildman–Crippen MR) is 257 cm³/mol. The highest BCUT2D eigenvalue weighted by molar-refractivity contribution is 6.03. The summed E-state index contributed by atoms with van der Waals surface area (Å²) in [5.74, 6) is 0. The molecule has 0 aromatic heterocycles. The van der Waals surface area contributed by atoms with E-state index in [-0.39, 0.29) is 0 Å². The summed E-state index contributed by atoms with van der Waals surface area (Å²) in [6.07, 6.45) is 13.8. The van der Waals surface area contributed by atoms with Crippen LogP contribution in [0.3, 0.4) is 0 Å². The van der Waals surface area contributed by atoms with Crippen LogP contribution in [0.15, 0.2) is 266 Å². The van der Waals surface area contributed by atoms with E-state index in [0.29, 0.717) is 0 Å². The van der Waals surface area contributed by atoms with Gasteiger partial charge in [0.2, 0.25) is 0 Å². The first-order valence-electron chi connectivity index (χ1n) is 20.6. The summed E-state index contributed by atoms with van der Waals surface area (Å²) in [5, 5.41) is 0. The highest BCUT2D eigenvalue weighted by Gasteiger charge is 2.17. The van der Waals surface area contributed by atoms with Gasteiger partial charge in [0.05, 0.1) is 0 Å². The van der Waals surface area contributed by atoms with Crippen LogP contribution in [0.5, 0.6) is 0 Å². The van der Waals surface area contributed by atoms with Crippen LogP contribution >= 0.6 is 0 Å². The number of benzene rings is 8. The molecule has 284 valence electrons. The molecule has 0 radical (unpaired) electrons. The van der Waals surface area contributed by atoms with Gasteiger partial charge in [-0.3, -0.25) is 0 Å². The second kappa shape index (κ2) is 18.2. The SMILES string of the molecule is C1=C(c2ccccc2)C=C(c2ccccc2)/C1=C/c1ccc(-c2ccccc2)cc1.C1=C(c2ccccc2)C=C(c2ccccc2)/C1=C/c1ccc(-c2ccccc2)cc1. The Morgan fingerprint density at radius 3 is 0.750 bits per heavy atom. The van der Waals surface area contributed by atoms with Gasteiger partial charge in [0, 0.05) is 0 Å². The smallest absolute Gasteiger partial charge is 0.0105 e. The first-order chi connectivity index (χ1) is 29.7. The molecule has 10 rings (SSSR count). The molecule has 0 heterocycles. The van der Waals surface area contributed by atoms with Gasteiger partial charge < -0.3 is 0 Å². The quantitative estimate of drug-likeness (QED) is 0.145. The Kier molecular flexibility index (Phi) is 11.5. The molecule has 0 saturated heterocycles. The molecule has 0 unspecified atom stereocenters. The summed E-state index contributed by atoms with van der Waals surface area (Å²) in [6, 6.07) is 81.0. The summed E-state index contributed by atoms with van der Waals surface area (Å²) in [4.78, 5) is 0. The van der Waals surface area contributed by atoms with Crippen molar-refractivity contribution in [2.24, 2.45) is 0 Å². The fourth-order valence-electron chi connectivity index (χ4n) is 7.78. The standard InChI is InChI=1S/2C30H22/c2*1-4-10-24(11-5-1)26-18-16-23(17-19-26)20-29-21-28(25-12-6-2-7-13-25)22-30(29)27-14-8-3-9-15-27/h2*1-22H/b2*29-20+. The lowest BCUT2D eigenvalue weighted by atomic mass is 9.98. The monoisotopic (exact) mass is 764 g/mol. The van der Waals surface area contributed by atoms with Crippen molar-refractivity contribution in [3.63, 3.8) is 0 Å². The fourth-order valence-corrected chi connectivity index (χ4v) is 7.78. The van der Waals surface area contributed by atoms with Crippen molar-refractivity contribution in [1.82, 2.24) is 0 Å². The van der Waals surface area contributed by atoms with Crippen molar-refractivity contribution in [3.8, 4) is 22.3 Å². The minimum atomic E-state index is 1.21. The zero-order chi connectivity index (χ0) is 40.4. The predicted octanol–water partition coefficient (Wildman–Crippen LogP) is 15.8. The van der Waals surface area contributed by atoms with Crippen molar-refractivity contribution < 1.29 is 0 Å². The summed E-state index contributed by atoms with van der Waals surface area (Å²) in [6.45, 7) is 0. The van der Waals surface area contributed by atoms with Crippen LogP contribution in [0.25, 0.3) is 56.7 Å². The topological polar surface area (TPSA) is 0 Å². The summed E-state index contributed by atoms with van der Waals surface area (Å²) < 4.78 is 0. The molecule has 2 aliphatic carbocycles. The Balaban J connectivity index is 0.000000154. The molecule has 0 aliphatic heterocycles. The molecule has 60 heavy (non-hydrogen) atoms. The van der Waals surface area contributed by atoms with Gasteiger partial charge in [-0.05, 0) is 126 Å². The van der Waals surface area contributed by atoms with E-state index >= 15 is 0 Å². The molecule has 0 fully saturated rings. The number of rotatable bonds is 8. The van der Waals surface area contributed by atoms with Gasteiger partial charge >= 0.3 is 0 Å². The molecule has 0 spiro atoms. The molecule has 8 aromatic rings. The van der Waals surface area contributed by atoms with E-state index in [0.717, 1.165) is 0 Å². The second-order valence-corrected chi connectivity index (χ2v) is 15.0. The maximum absolute atomic E-state index is 2.30. The average molecular weight is 765 g/mol. The zero-order valence-corrected chi connectivity index (χ0v) is 33.4. The Bertz CT molecular complexity index is 2650. The maximum Gasteiger partial charge on any atom is -0.0105 e. The van der Waals surface area contributed by atoms with E-state index < -0.39 is 0 Å². The second-order valence-electron chi connectivity index (χ2n) is 15.0. The van der Waals surface area contributed by atoms with Crippen molar-refractivity contribution in [2.75, 3.05) is 0 Å². The molecular weight excluding hydrogens is 721 g/mol. The molecule has 0 nitrogen and oxygen atoms in total. The van der Waals surface area contributed by atoms with Crippen LogP contribution in [0.1, 0.15) is 33.4 Å². The van der Waals surface area contributed by atoms with Crippen LogP contribution in [-0.4, -0.2) is 0 Å². The van der Waals surface area contributed by atoms with Crippen LogP contribution in [0.4, 0.5) is 0 Å². The first-order valence-corrected chi connectivity index (χ1v) is 20.6. The average Bonchev–Trinajstić information content (AvgIpc) is 3.96. The van der Waals surface area contributed by atoms with Gasteiger partial charge in [-0.2, -0.15) is 0 Å². The van der Waals surface area contributed by atoms with Gasteiger partial charge in [-0.25, -0.2) is 0 Å².